The lowest BCUT2D eigenvalue weighted by molar-refractivity contribution is 0.130. The molecule has 5 heteroatoms. The summed E-state index contributed by atoms with van der Waals surface area (Å²) < 4.78 is 18.2. The van der Waals surface area contributed by atoms with Crippen molar-refractivity contribution in [3.8, 4) is 17.2 Å². The molecule has 0 radical (unpaired) electrons. The van der Waals surface area contributed by atoms with Crippen LogP contribution in [0.1, 0.15) is 62.3 Å². The van der Waals surface area contributed by atoms with Gasteiger partial charge >= 0.3 is 0 Å². The van der Waals surface area contributed by atoms with Crippen LogP contribution in [0.25, 0.3) is 0 Å². The van der Waals surface area contributed by atoms with Crippen molar-refractivity contribution in [2.45, 2.75) is 93.8 Å². The molecule has 35 heavy (non-hydrogen) atoms. The summed E-state index contributed by atoms with van der Waals surface area (Å²) in [4.78, 5) is 3.77. The first kappa shape index (κ1) is 27.7. The second-order valence-corrected chi connectivity index (χ2v) is 18.0. The highest BCUT2D eigenvalue weighted by Gasteiger charge is 2.29. The summed E-state index contributed by atoms with van der Waals surface area (Å²) in [6, 6.07) is 25.6. The third-order valence-corrected chi connectivity index (χ3v) is 12.1. The molecule has 0 heterocycles. The Morgan fingerprint density at radius 2 is 0.629 bits per heavy atom. The van der Waals surface area contributed by atoms with Gasteiger partial charge in [-0.1, -0.05) is 0 Å². The van der Waals surface area contributed by atoms with E-state index in [0.29, 0.717) is 0 Å². The number of halogens is 1. The monoisotopic (exact) mass is 606 g/mol. The van der Waals surface area contributed by atoms with Crippen LogP contribution in [0.4, 0.5) is 0 Å². The zero-order chi connectivity index (χ0) is 26.1. The molecule has 0 amide bonds. The van der Waals surface area contributed by atoms with Crippen LogP contribution in [0.15, 0.2) is 87.5 Å². The number of ether oxygens (including phenoxy) is 3. The zero-order valence-electron chi connectivity index (χ0n) is 22.4. The van der Waals surface area contributed by atoms with Crippen molar-refractivity contribution in [1.29, 1.82) is 0 Å². The largest absolute Gasteiger partial charge is 0.488 e. The second-order valence-electron chi connectivity index (χ2n) is 11.6. The van der Waals surface area contributed by atoms with Crippen LogP contribution < -0.4 is 14.2 Å². The van der Waals surface area contributed by atoms with Crippen molar-refractivity contribution in [2.75, 3.05) is 0 Å². The maximum atomic E-state index is 6.08. The van der Waals surface area contributed by atoms with Crippen molar-refractivity contribution in [3.63, 3.8) is 0 Å². The molecule has 3 rings (SSSR count). The summed E-state index contributed by atoms with van der Waals surface area (Å²) in [5.41, 5.74) is -0.704. The number of benzene rings is 3. The van der Waals surface area contributed by atoms with Gasteiger partial charge in [0.15, 0.2) is 0 Å². The van der Waals surface area contributed by atoms with E-state index in [-0.39, 0.29) is 16.8 Å². The lowest BCUT2D eigenvalue weighted by Crippen LogP contribution is -2.22. The predicted octanol–water partition coefficient (Wildman–Crippen LogP) is 9.85. The summed E-state index contributed by atoms with van der Waals surface area (Å²) in [6.07, 6.45) is 0. The lowest BCUT2D eigenvalue weighted by Gasteiger charge is -2.36. The average molecular weight is 607 g/mol. The van der Waals surface area contributed by atoms with E-state index < -0.39 is 7.20 Å². The molecule has 0 bridgehead atoms. The van der Waals surface area contributed by atoms with Gasteiger partial charge in [0.1, 0.15) is 34.1 Å². The molecule has 190 valence electrons. The molecule has 0 fully saturated rings. The fraction of sp³-hybridized carbons (Fsp3) is 0.400. The van der Waals surface area contributed by atoms with Crippen LogP contribution in [0.2, 0.25) is 0 Å². The smallest absolute Gasteiger partial charge is 0.120 e. The van der Waals surface area contributed by atoms with Crippen molar-refractivity contribution < 1.29 is 14.2 Å². The Morgan fingerprint density at radius 3 is 0.800 bits per heavy atom. The van der Waals surface area contributed by atoms with Crippen molar-refractivity contribution >= 4 is 28.4 Å². The molecule has 0 saturated heterocycles. The molecular formula is C30H39IO3S. The number of hydrogen-bond donors (Lipinski definition) is 0. The van der Waals surface area contributed by atoms with Crippen LogP contribution in [0, 0.1) is 0 Å². The third-order valence-electron chi connectivity index (χ3n) is 4.72. The van der Waals surface area contributed by atoms with E-state index in [9.17, 15) is 0 Å². The minimum atomic E-state index is -1.55. The molecule has 0 saturated carbocycles. The van der Waals surface area contributed by atoms with E-state index in [1.54, 1.807) is 0 Å². The van der Waals surface area contributed by atoms with Gasteiger partial charge in [0.25, 0.3) is 0 Å². The minimum absolute atomic E-state index is 0.235. The van der Waals surface area contributed by atoms with E-state index in [2.05, 4.69) is 156 Å². The van der Waals surface area contributed by atoms with Crippen molar-refractivity contribution in [3.05, 3.63) is 72.8 Å². The highest BCUT2D eigenvalue weighted by atomic mass is 127. The molecule has 0 aliphatic heterocycles. The molecule has 0 aromatic heterocycles. The van der Waals surface area contributed by atoms with Gasteiger partial charge in [-0.25, -0.2) is 0 Å². The minimum Gasteiger partial charge on any atom is -0.488 e. The van der Waals surface area contributed by atoms with Crippen molar-refractivity contribution in [1.82, 2.24) is 0 Å². The number of hydrogen-bond acceptors (Lipinski definition) is 3. The maximum absolute atomic E-state index is 6.08. The molecule has 0 unspecified atom stereocenters. The molecule has 0 N–H and O–H groups in total. The van der Waals surface area contributed by atoms with E-state index in [1.807, 2.05) is 0 Å². The zero-order valence-corrected chi connectivity index (χ0v) is 25.4. The van der Waals surface area contributed by atoms with Crippen molar-refractivity contribution in [2.24, 2.45) is 0 Å². The summed E-state index contributed by atoms with van der Waals surface area (Å²) in [6.45, 7) is 18.6. The van der Waals surface area contributed by atoms with Gasteiger partial charge < -0.3 is 14.2 Å². The first-order valence-corrected chi connectivity index (χ1v) is 16.1. The fourth-order valence-electron chi connectivity index (χ4n) is 3.55. The lowest BCUT2D eigenvalue weighted by atomic mass is 10.2. The topological polar surface area (TPSA) is 27.7 Å². The second kappa shape index (κ2) is 10.3. The Balaban J connectivity index is 2.05. The summed E-state index contributed by atoms with van der Waals surface area (Å²) in [5.74, 6) is 2.63. The highest BCUT2D eigenvalue weighted by molar-refractivity contribution is 14.2. The quantitative estimate of drug-likeness (QED) is 0.262. The molecule has 0 spiro atoms. The Hall–Kier alpha value is -1.86. The highest BCUT2D eigenvalue weighted by Crippen LogP contribution is 2.74. The van der Waals surface area contributed by atoms with Gasteiger partial charge in [0.2, 0.25) is 0 Å². The van der Waals surface area contributed by atoms with Gasteiger partial charge in [-0.15, -0.1) is 7.20 Å². The van der Waals surface area contributed by atoms with Crippen LogP contribution >= 0.6 is 28.4 Å². The average Bonchev–Trinajstić information content (AvgIpc) is 2.71. The van der Waals surface area contributed by atoms with Gasteiger partial charge in [-0.2, -0.15) is 0 Å². The molecule has 0 aliphatic rings. The summed E-state index contributed by atoms with van der Waals surface area (Å²) in [5, 5.41) is 0. The van der Waals surface area contributed by atoms with E-state index in [4.69, 9.17) is 14.2 Å². The predicted molar refractivity (Wildman–Crippen MR) is 157 cm³/mol. The Kier molecular flexibility index (Phi) is 8.12. The van der Waals surface area contributed by atoms with E-state index in [0.717, 1.165) is 17.2 Å². The summed E-state index contributed by atoms with van der Waals surface area (Å²) >= 11 is 2.65. The molecule has 0 atom stereocenters. The molecule has 3 aromatic rings. The first-order chi connectivity index (χ1) is 16.1. The fourth-order valence-corrected chi connectivity index (χ4v) is 8.55. The van der Waals surface area contributed by atoms with Crippen LogP contribution in [0.3, 0.4) is 0 Å². The molecular weight excluding hydrogens is 567 g/mol. The van der Waals surface area contributed by atoms with Gasteiger partial charge in [0.05, 0.1) is 0 Å². The molecule has 0 aliphatic carbocycles. The van der Waals surface area contributed by atoms with E-state index >= 15 is 0 Å². The maximum Gasteiger partial charge on any atom is 0.120 e. The van der Waals surface area contributed by atoms with Crippen LogP contribution in [-0.4, -0.2) is 16.8 Å². The van der Waals surface area contributed by atoms with Gasteiger partial charge in [-0.3, -0.25) is 0 Å². The summed E-state index contributed by atoms with van der Waals surface area (Å²) in [7, 11) is -1.55. The van der Waals surface area contributed by atoms with Gasteiger partial charge in [0, 0.05) is 14.7 Å². The normalized spacial score (nSPS) is 13.3. The van der Waals surface area contributed by atoms with Crippen LogP contribution in [-0.2, 0) is 0 Å². The SMILES string of the molecule is CC(C)(C)Oc1ccc(S(I)(c2ccc(OC(C)(C)C)cc2)c2ccc(OC(C)(C)C)cc2)cc1. The first-order valence-electron chi connectivity index (χ1n) is 12.0. The Bertz CT molecular complexity index is 957. The Labute approximate surface area is 225 Å². The third kappa shape index (κ3) is 7.81. The Morgan fingerprint density at radius 1 is 0.429 bits per heavy atom. The van der Waals surface area contributed by atoms with Gasteiger partial charge in [-0.05, 0) is 156 Å². The van der Waals surface area contributed by atoms with Crippen LogP contribution in [0.5, 0.6) is 17.2 Å². The number of rotatable bonds is 6. The standard InChI is InChI=1S/C30H39IO3S/c1-28(2,3)32-22-10-16-25(17-11-22)35(31,26-18-12-23(13-19-26)33-29(4,5)6)27-20-14-24(15-21-27)34-30(7,8)9/h10-21H,1-9H3. The van der Waals surface area contributed by atoms with E-state index in [1.165, 1.54) is 14.7 Å². The molecule has 3 aromatic carbocycles. The molecule has 3 nitrogen and oxygen atoms in total.